The van der Waals surface area contributed by atoms with E-state index in [0.29, 0.717) is 18.7 Å². The molecule has 0 spiro atoms. The Labute approximate surface area is 113 Å². The van der Waals surface area contributed by atoms with E-state index in [9.17, 15) is 8.42 Å². The summed E-state index contributed by atoms with van der Waals surface area (Å²) >= 11 is 0. The summed E-state index contributed by atoms with van der Waals surface area (Å²) in [6.07, 6.45) is 0.515. The van der Waals surface area contributed by atoms with Gasteiger partial charge in [-0.05, 0) is 25.5 Å². The zero-order valence-electron chi connectivity index (χ0n) is 10.7. The maximum atomic E-state index is 12.4. The van der Waals surface area contributed by atoms with Crippen molar-refractivity contribution in [2.45, 2.75) is 24.2 Å². The third-order valence-corrected chi connectivity index (χ3v) is 6.19. The highest BCUT2D eigenvalue weighted by Crippen LogP contribution is 2.53. The summed E-state index contributed by atoms with van der Waals surface area (Å²) in [6.45, 7) is 2.52. The Morgan fingerprint density at radius 2 is 2.05 bits per heavy atom. The van der Waals surface area contributed by atoms with Crippen LogP contribution in [0.1, 0.15) is 13.3 Å². The van der Waals surface area contributed by atoms with E-state index in [0.717, 1.165) is 0 Å². The number of hydrogen-bond acceptors (Lipinski definition) is 4. The molecule has 0 aromatic heterocycles. The molecule has 19 heavy (non-hydrogen) atoms. The van der Waals surface area contributed by atoms with Gasteiger partial charge in [-0.15, -0.1) is 0 Å². The molecule has 0 bridgehead atoms. The average Bonchev–Trinajstić information content (AvgIpc) is 2.87. The zero-order chi connectivity index (χ0) is 13.5. The quantitative estimate of drug-likeness (QED) is 0.911. The molecule has 1 aliphatic heterocycles. The first-order valence-electron chi connectivity index (χ1n) is 6.30. The van der Waals surface area contributed by atoms with Crippen LogP contribution in [0, 0.1) is 5.92 Å². The second-order valence-electron chi connectivity index (χ2n) is 5.29. The summed E-state index contributed by atoms with van der Waals surface area (Å²) in [4.78, 5) is 0. The molecular formula is C13H17NO4S. The highest BCUT2D eigenvalue weighted by molar-refractivity contribution is 7.94. The van der Waals surface area contributed by atoms with E-state index in [1.807, 2.05) is 6.07 Å². The van der Waals surface area contributed by atoms with Crippen LogP contribution in [-0.2, 0) is 19.5 Å². The van der Waals surface area contributed by atoms with Crippen LogP contribution in [0.3, 0.4) is 0 Å². The maximum absolute atomic E-state index is 12.4. The lowest BCUT2D eigenvalue weighted by atomic mass is 10.2. The fraction of sp³-hybridized carbons (Fsp3) is 0.538. The van der Waals surface area contributed by atoms with Crippen LogP contribution in [0.5, 0.6) is 0 Å². The molecule has 2 aliphatic rings. The topological polar surface area (TPSA) is 64.6 Å². The van der Waals surface area contributed by atoms with Gasteiger partial charge >= 0.3 is 0 Å². The Morgan fingerprint density at radius 1 is 1.32 bits per heavy atom. The highest BCUT2D eigenvalue weighted by Gasteiger charge is 2.63. The van der Waals surface area contributed by atoms with Crippen molar-refractivity contribution in [2.75, 3.05) is 18.1 Å². The van der Waals surface area contributed by atoms with Crippen molar-refractivity contribution in [1.82, 2.24) is 0 Å². The van der Waals surface area contributed by atoms with Crippen LogP contribution in [-0.4, -0.2) is 32.7 Å². The first-order chi connectivity index (χ1) is 9.03. The van der Waals surface area contributed by atoms with Crippen molar-refractivity contribution in [3.05, 3.63) is 30.3 Å². The smallest absolute Gasteiger partial charge is 0.238 e. The van der Waals surface area contributed by atoms with Gasteiger partial charge in [0.05, 0.1) is 17.5 Å². The molecular weight excluding hydrogens is 266 g/mol. The first kappa shape index (κ1) is 12.9. The molecule has 5 nitrogen and oxygen atoms in total. The summed E-state index contributed by atoms with van der Waals surface area (Å²) in [6, 6.07) is 8.95. The molecule has 6 heteroatoms. The molecule has 1 saturated heterocycles. The van der Waals surface area contributed by atoms with Gasteiger partial charge in [-0.2, -0.15) is 0 Å². The second kappa shape index (κ2) is 4.47. The molecule has 3 unspecified atom stereocenters. The van der Waals surface area contributed by atoms with Gasteiger partial charge < -0.3 is 9.47 Å². The number of nitrogens with one attached hydrogen (secondary N) is 1. The van der Waals surface area contributed by atoms with E-state index in [-0.39, 0.29) is 18.8 Å². The van der Waals surface area contributed by atoms with Crippen molar-refractivity contribution in [1.29, 1.82) is 0 Å². The summed E-state index contributed by atoms with van der Waals surface area (Å²) in [5.41, 5.74) is 0.595. The highest BCUT2D eigenvalue weighted by atomic mass is 32.2. The summed E-state index contributed by atoms with van der Waals surface area (Å²) in [5, 5.41) is 0. The van der Waals surface area contributed by atoms with E-state index in [4.69, 9.17) is 9.47 Å². The third kappa shape index (κ3) is 2.24. The Morgan fingerprint density at radius 3 is 2.68 bits per heavy atom. The molecule has 1 aromatic rings. The van der Waals surface area contributed by atoms with Gasteiger partial charge in [0.2, 0.25) is 10.0 Å². The second-order valence-corrected chi connectivity index (χ2v) is 7.43. The van der Waals surface area contributed by atoms with E-state index in [1.165, 1.54) is 0 Å². The number of hydrogen-bond donors (Lipinski definition) is 1. The molecule has 1 N–H and O–H groups in total. The van der Waals surface area contributed by atoms with Crippen molar-refractivity contribution < 1.29 is 17.9 Å². The molecule has 3 rings (SSSR count). The van der Waals surface area contributed by atoms with E-state index < -0.39 is 14.8 Å². The van der Waals surface area contributed by atoms with Gasteiger partial charge in [0.15, 0.2) is 0 Å². The number of para-hydroxylation sites is 1. The van der Waals surface area contributed by atoms with Crippen LogP contribution in [0.15, 0.2) is 30.3 Å². The number of ether oxygens (including phenoxy) is 2. The van der Waals surface area contributed by atoms with Crippen LogP contribution in [0.25, 0.3) is 0 Å². The van der Waals surface area contributed by atoms with Crippen LogP contribution in [0.4, 0.5) is 5.69 Å². The number of rotatable bonds is 4. The van der Waals surface area contributed by atoms with Crippen molar-refractivity contribution >= 4 is 15.7 Å². The molecule has 0 amide bonds. The molecule has 2 fully saturated rings. The van der Waals surface area contributed by atoms with E-state index in [1.54, 1.807) is 31.2 Å². The first-order valence-corrected chi connectivity index (χ1v) is 7.78. The lowest BCUT2D eigenvalue weighted by Crippen LogP contribution is -2.32. The number of sulfonamides is 1. The van der Waals surface area contributed by atoms with Crippen molar-refractivity contribution in [3.8, 4) is 0 Å². The summed E-state index contributed by atoms with van der Waals surface area (Å²) < 4.78 is 37.3. The molecule has 0 radical (unpaired) electrons. The largest absolute Gasteiger partial charge is 0.353 e. The molecule has 1 aromatic carbocycles. The standard InChI is InChI=1S/C13H17NO4S/c1-13(7-11(13)12-8-17-9-18-12)19(15,16)14-10-5-3-2-4-6-10/h2-6,11-12,14H,7-9H2,1H3. The number of benzene rings is 1. The SMILES string of the molecule is CC1(S(=O)(=O)Nc2ccccc2)CC1C1COCO1. The maximum Gasteiger partial charge on any atom is 0.238 e. The Balaban J connectivity index is 1.74. The Kier molecular flexibility index (Phi) is 3.03. The van der Waals surface area contributed by atoms with Gasteiger partial charge in [-0.1, -0.05) is 18.2 Å². The van der Waals surface area contributed by atoms with Gasteiger partial charge in [0.25, 0.3) is 0 Å². The molecule has 1 heterocycles. The van der Waals surface area contributed by atoms with E-state index in [2.05, 4.69) is 4.72 Å². The molecule has 1 aliphatic carbocycles. The average molecular weight is 283 g/mol. The zero-order valence-corrected chi connectivity index (χ0v) is 11.5. The Bertz CT molecular complexity index is 553. The lowest BCUT2D eigenvalue weighted by molar-refractivity contribution is 0.0400. The van der Waals surface area contributed by atoms with Crippen LogP contribution in [0.2, 0.25) is 0 Å². The Hall–Kier alpha value is -1.11. The van der Waals surface area contributed by atoms with Crippen LogP contribution < -0.4 is 4.72 Å². The van der Waals surface area contributed by atoms with Crippen molar-refractivity contribution in [3.63, 3.8) is 0 Å². The minimum absolute atomic E-state index is 0.0104. The van der Waals surface area contributed by atoms with Gasteiger partial charge in [-0.3, -0.25) is 4.72 Å². The predicted molar refractivity (Wildman–Crippen MR) is 71.2 cm³/mol. The minimum Gasteiger partial charge on any atom is -0.353 e. The monoisotopic (exact) mass is 283 g/mol. The van der Waals surface area contributed by atoms with Gasteiger partial charge in [-0.25, -0.2) is 8.42 Å². The van der Waals surface area contributed by atoms with Crippen LogP contribution >= 0.6 is 0 Å². The molecule has 3 atom stereocenters. The summed E-state index contributed by atoms with van der Waals surface area (Å²) in [7, 11) is -3.41. The van der Waals surface area contributed by atoms with Gasteiger partial charge in [0.1, 0.15) is 6.79 Å². The fourth-order valence-electron chi connectivity index (χ4n) is 2.57. The minimum atomic E-state index is -3.41. The van der Waals surface area contributed by atoms with Crippen molar-refractivity contribution in [2.24, 2.45) is 5.92 Å². The van der Waals surface area contributed by atoms with E-state index >= 15 is 0 Å². The predicted octanol–water partition coefficient (Wildman–Crippen LogP) is 1.58. The van der Waals surface area contributed by atoms with Gasteiger partial charge in [0, 0.05) is 11.6 Å². The molecule has 1 saturated carbocycles. The lowest BCUT2D eigenvalue weighted by Gasteiger charge is -2.17. The fourth-order valence-corrected chi connectivity index (χ4v) is 4.20. The molecule has 104 valence electrons. The normalized spacial score (nSPS) is 34.2. The third-order valence-electron chi connectivity index (χ3n) is 3.99. The number of anilines is 1. The summed E-state index contributed by atoms with van der Waals surface area (Å²) in [5.74, 6) is 0.0104.